The van der Waals surface area contributed by atoms with Gasteiger partial charge in [0.05, 0.1) is 0 Å². The van der Waals surface area contributed by atoms with Gasteiger partial charge in [-0.25, -0.2) is 4.98 Å². The molecule has 0 amide bonds. The molecule has 0 bridgehead atoms. The molecule has 1 aromatic rings. The van der Waals surface area contributed by atoms with Crippen molar-refractivity contribution in [2.24, 2.45) is 0 Å². The van der Waals surface area contributed by atoms with E-state index < -0.39 is 0 Å². The third kappa shape index (κ3) is 4.04. The molecule has 1 fully saturated rings. The molecule has 1 aromatic heterocycles. The van der Waals surface area contributed by atoms with Crippen LogP contribution in [0.5, 0.6) is 0 Å². The van der Waals surface area contributed by atoms with Crippen LogP contribution in [0.1, 0.15) is 6.42 Å². The van der Waals surface area contributed by atoms with Gasteiger partial charge in [-0.1, -0.05) is 15.9 Å². The van der Waals surface area contributed by atoms with Crippen molar-refractivity contribution >= 4 is 27.7 Å². The Morgan fingerprint density at radius 1 is 1.26 bits per heavy atom. The van der Waals surface area contributed by atoms with E-state index in [0.717, 1.165) is 43.3 Å². The second kappa shape index (κ2) is 7.05. The molecule has 1 aliphatic heterocycles. The SMILES string of the molecule is CN(C)c1nccc(N2CCCN(CCBr)CC2)n1. The van der Waals surface area contributed by atoms with E-state index in [4.69, 9.17) is 0 Å². The zero-order valence-electron chi connectivity index (χ0n) is 11.7. The summed E-state index contributed by atoms with van der Waals surface area (Å²) in [4.78, 5) is 15.7. The van der Waals surface area contributed by atoms with Crippen molar-refractivity contribution < 1.29 is 0 Å². The third-order valence-corrected chi connectivity index (χ3v) is 3.70. The van der Waals surface area contributed by atoms with Crippen molar-refractivity contribution in [2.75, 3.05) is 61.9 Å². The molecule has 0 aromatic carbocycles. The fourth-order valence-corrected chi connectivity index (χ4v) is 2.78. The van der Waals surface area contributed by atoms with E-state index in [0.29, 0.717) is 0 Å². The van der Waals surface area contributed by atoms with Gasteiger partial charge in [0.25, 0.3) is 0 Å². The lowest BCUT2D eigenvalue weighted by Gasteiger charge is -2.23. The molecule has 1 aliphatic rings. The summed E-state index contributed by atoms with van der Waals surface area (Å²) in [5, 5.41) is 1.05. The molecule has 0 spiro atoms. The Morgan fingerprint density at radius 3 is 2.84 bits per heavy atom. The second-order valence-corrected chi connectivity index (χ2v) is 5.77. The summed E-state index contributed by atoms with van der Waals surface area (Å²) in [5.41, 5.74) is 0. The number of hydrogen-bond donors (Lipinski definition) is 0. The zero-order chi connectivity index (χ0) is 13.7. The lowest BCUT2D eigenvalue weighted by atomic mass is 10.4. The maximum absolute atomic E-state index is 4.62. The first-order chi connectivity index (χ1) is 9.20. The summed E-state index contributed by atoms with van der Waals surface area (Å²) in [7, 11) is 3.94. The summed E-state index contributed by atoms with van der Waals surface area (Å²) >= 11 is 3.51. The van der Waals surface area contributed by atoms with Crippen molar-refractivity contribution in [3.05, 3.63) is 12.3 Å². The van der Waals surface area contributed by atoms with Crippen molar-refractivity contribution in [3.63, 3.8) is 0 Å². The molecule has 1 saturated heterocycles. The summed E-state index contributed by atoms with van der Waals surface area (Å²) in [6.07, 6.45) is 3.03. The number of nitrogens with zero attached hydrogens (tertiary/aromatic N) is 5. The van der Waals surface area contributed by atoms with Crippen LogP contribution in [0.3, 0.4) is 0 Å². The lowest BCUT2D eigenvalue weighted by Crippen LogP contribution is -2.32. The van der Waals surface area contributed by atoms with Crippen molar-refractivity contribution in [1.29, 1.82) is 0 Å². The number of hydrogen-bond acceptors (Lipinski definition) is 5. The van der Waals surface area contributed by atoms with E-state index in [1.807, 2.05) is 31.3 Å². The average Bonchev–Trinajstić information content (AvgIpc) is 2.65. The quantitative estimate of drug-likeness (QED) is 0.782. The molecule has 5 nitrogen and oxygen atoms in total. The fourth-order valence-electron chi connectivity index (χ4n) is 2.27. The van der Waals surface area contributed by atoms with E-state index >= 15 is 0 Å². The van der Waals surface area contributed by atoms with Gasteiger partial charge in [0.2, 0.25) is 5.95 Å². The minimum Gasteiger partial charge on any atom is -0.355 e. The number of rotatable bonds is 4. The summed E-state index contributed by atoms with van der Waals surface area (Å²) < 4.78 is 0. The van der Waals surface area contributed by atoms with Gasteiger partial charge >= 0.3 is 0 Å². The van der Waals surface area contributed by atoms with Gasteiger partial charge in [-0.2, -0.15) is 4.98 Å². The van der Waals surface area contributed by atoms with Gasteiger partial charge < -0.3 is 14.7 Å². The number of halogens is 1. The van der Waals surface area contributed by atoms with Crippen molar-refractivity contribution in [1.82, 2.24) is 14.9 Å². The summed E-state index contributed by atoms with van der Waals surface area (Å²) in [6, 6.07) is 2.01. The van der Waals surface area contributed by atoms with E-state index in [1.54, 1.807) is 0 Å². The Morgan fingerprint density at radius 2 is 2.11 bits per heavy atom. The van der Waals surface area contributed by atoms with Crippen LogP contribution in [0, 0.1) is 0 Å². The molecular formula is C13H22BrN5. The molecule has 0 saturated carbocycles. The first-order valence-electron chi connectivity index (χ1n) is 6.74. The molecule has 0 atom stereocenters. The molecule has 0 unspecified atom stereocenters. The highest BCUT2D eigenvalue weighted by Gasteiger charge is 2.16. The number of anilines is 2. The Labute approximate surface area is 123 Å². The maximum atomic E-state index is 4.62. The second-order valence-electron chi connectivity index (χ2n) is 4.98. The van der Waals surface area contributed by atoms with Crippen LogP contribution in [-0.4, -0.2) is 67.0 Å². The van der Waals surface area contributed by atoms with Gasteiger partial charge in [-0.15, -0.1) is 0 Å². The molecule has 0 N–H and O–H groups in total. The highest BCUT2D eigenvalue weighted by molar-refractivity contribution is 9.09. The predicted molar refractivity (Wildman–Crippen MR) is 83.4 cm³/mol. The molecule has 6 heteroatoms. The fraction of sp³-hybridized carbons (Fsp3) is 0.692. The molecule has 19 heavy (non-hydrogen) atoms. The molecule has 0 aliphatic carbocycles. The van der Waals surface area contributed by atoms with Gasteiger partial charge in [-0.3, -0.25) is 0 Å². The number of aromatic nitrogens is 2. The first-order valence-corrected chi connectivity index (χ1v) is 7.86. The maximum Gasteiger partial charge on any atom is 0.226 e. The topological polar surface area (TPSA) is 35.5 Å². The van der Waals surface area contributed by atoms with Gasteiger partial charge in [0, 0.05) is 51.8 Å². The third-order valence-electron chi connectivity index (χ3n) is 3.34. The van der Waals surface area contributed by atoms with E-state index in [9.17, 15) is 0 Å². The Hall–Kier alpha value is -0.880. The molecule has 0 radical (unpaired) electrons. The monoisotopic (exact) mass is 327 g/mol. The van der Waals surface area contributed by atoms with Gasteiger partial charge in [0.1, 0.15) is 5.82 Å². The van der Waals surface area contributed by atoms with Crippen LogP contribution >= 0.6 is 15.9 Å². The van der Waals surface area contributed by atoms with E-state index in [2.05, 4.69) is 35.7 Å². The Balaban J connectivity index is 2.03. The van der Waals surface area contributed by atoms with Crippen LogP contribution in [0.15, 0.2) is 12.3 Å². The van der Waals surface area contributed by atoms with Crippen LogP contribution in [0.2, 0.25) is 0 Å². The highest BCUT2D eigenvalue weighted by Crippen LogP contribution is 2.15. The largest absolute Gasteiger partial charge is 0.355 e. The average molecular weight is 328 g/mol. The Kier molecular flexibility index (Phi) is 5.39. The Bertz CT molecular complexity index is 398. The van der Waals surface area contributed by atoms with Crippen LogP contribution < -0.4 is 9.80 Å². The lowest BCUT2D eigenvalue weighted by molar-refractivity contribution is 0.313. The standard InChI is InChI=1S/C13H22BrN5/c1-17(2)13-15-6-4-12(16-13)19-8-3-7-18(9-5-14)10-11-19/h4,6H,3,5,7-11H2,1-2H3. The van der Waals surface area contributed by atoms with Gasteiger partial charge in [-0.05, 0) is 19.0 Å². The van der Waals surface area contributed by atoms with Gasteiger partial charge in [0.15, 0.2) is 0 Å². The highest BCUT2D eigenvalue weighted by atomic mass is 79.9. The minimum absolute atomic E-state index is 0.777. The van der Waals surface area contributed by atoms with Crippen LogP contribution in [0.25, 0.3) is 0 Å². The molecular weight excluding hydrogens is 306 g/mol. The van der Waals surface area contributed by atoms with Crippen molar-refractivity contribution in [3.8, 4) is 0 Å². The minimum atomic E-state index is 0.777. The smallest absolute Gasteiger partial charge is 0.226 e. The summed E-state index contributed by atoms with van der Waals surface area (Å²) in [6.45, 7) is 5.51. The summed E-state index contributed by atoms with van der Waals surface area (Å²) in [5.74, 6) is 1.82. The molecule has 106 valence electrons. The van der Waals surface area contributed by atoms with E-state index in [-0.39, 0.29) is 0 Å². The zero-order valence-corrected chi connectivity index (χ0v) is 13.3. The molecule has 2 heterocycles. The number of alkyl halides is 1. The van der Waals surface area contributed by atoms with Crippen LogP contribution in [0.4, 0.5) is 11.8 Å². The predicted octanol–water partition coefficient (Wildman–Crippen LogP) is 1.45. The first kappa shape index (κ1) is 14.5. The molecule has 2 rings (SSSR count). The normalized spacial score (nSPS) is 17.3. The van der Waals surface area contributed by atoms with Crippen LogP contribution in [-0.2, 0) is 0 Å². The van der Waals surface area contributed by atoms with E-state index in [1.165, 1.54) is 13.0 Å². The van der Waals surface area contributed by atoms with Crippen molar-refractivity contribution in [2.45, 2.75) is 6.42 Å².